The molecule has 1 heterocycles. The van der Waals surface area contributed by atoms with Crippen LogP contribution in [-0.2, 0) is 9.53 Å². The van der Waals surface area contributed by atoms with Crippen molar-refractivity contribution in [3.05, 3.63) is 66.9 Å². The molecule has 27 heavy (non-hydrogen) atoms. The van der Waals surface area contributed by atoms with E-state index in [-0.39, 0.29) is 12.5 Å². The topological polar surface area (TPSA) is 61.3 Å². The van der Waals surface area contributed by atoms with E-state index < -0.39 is 11.6 Å². The number of benzene rings is 2. The Balaban J connectivity index is 1.89. The number of carbonyl (C=O) groups is 1. The SMILES string of the molecule is CC(C)(C)OC(=O)COc1cnc(-c2ccccc2)c(-c2ccccc2)n1. The maximum Gasteiger partial charge on any atom is 0.344 e. The van der Waals surface area contributed by atoms with Crippen LogP contribution in [0.15, 0.2) is 66.9 Å². The third-order valence-electron chi connectivity index (χ3n) is 3.60. The first-order valence-electron chi connectivity index (χ1n) is 8.75. The van der Waals surface area contributed by atoms with E-state index >= 15 is 0 Å². The Labute approximate surface area is 159 Å². The number of esters is 1. The van der Waals surface area contributed by atoms with Gasteiger partial charge in [0.05, 0.1) is 11.9 Å². The lowest BCUT2D eigenvalue weighted by Crippen LogP contribution is -2.27. The Kier molecular flexibility index (Phi) is 5.50. The van der Waals surface area contributed by atoms with Gasteiger partial charge in [-0.25, -0.2) is 14.8 Å². The van der Waals surface area contributed by atoms with Crippen molar-refractivity contribution in [1.29, 1.82) is 0 Å². The minimum atomic E-state index is -0.557. The fraction of sp³-hybridized carbons (Fsp3) is 0.227. The van der Waals surface area contributed by atoms with Crippen molar-refractivity contribution < 1.29 is 14.3 Å². The Morgan fingerprint density at radius 3 is 2.00 bits per heavy atom. The highest BCUT2D eigenvalue weighted by atomic mass is 16.6. The highest BCUT2D eigenvalue weighted by Gasteiger charge is 2.18. The lowest BCUT2D eigenvalue weighted by atomic mass is 10.0. The van der Waals surface area contributed by atoms with Gasteiger partial charge in [-0.2, -0.15) is 0 Å². The van der Waals surface area contributed by atoms with Crippen molar-refractivity contribution in [3.63, 3.8) is 0 Å². The summed E-state index contributed by atoms with van der Waals surface area (Å²) < 4.78 is 10.8. The van der Waals surface area contributed by atoms with E-state index in [2.05, 4.69) is 9.97 Å². The van der Waals surface area contributed by atoms with Gasteiger partial charge in [-0.05, 0) is 20.8 Å². The fourth-order valence-corrected chi connectivity index (χ4v) is 2.55. The van der Waals surface area contributed by atoms with E-state index in [4.69, 9.17) is 9.47 Å². The van der Waals surface area contributed by atoms with Crippen LogP contribution < -0.4 is 4.74 Å². The molecule has 0 bridgehead atoms. The molecule has 5 heteroatoms. The molecule has 0 spiro atoms. The number of rotatable bonds is 5. The zero-order valence-corrected chi connectivity index (χ0v) is 15.7. The molecule has 0 saturated carbocycles. The lowest BCUT2D eigenvalue weighted by molar-refractivity contribution is -0.157. The van der Waals surface area contributed by atoms with Crippen LogP contribution in [0, 0.1) is 0 Å². The predicted octanol–water partition coefficient (Wildman–Crippen LogP) is 4.53. The van der Waals surface area contributed by atoms with Crippen LogP contribution in [0.4, 0.5) is 0 Å². The summed E-state index contributed by atoms with van der Waals surface area (Å²) in [6.07, 6.45) is 1.53. The van der Waals surface area contributed by atoms with Crippen LogP contribution in [0.2, 0.25) is 0 Å². The van der Waals surface area contributed by atoms with Gasteiger partial charge < -0.3 is 9.47 Å². The monoisotopic (exact) mass is 362 g/mol. The second kappa shape index (κ2) is 7.99. The third-order valence-corrected chi connectivity index (χ3v) is 3.60. The Morgan fingerprint density at radius 2 is 1.44 bits per heavy atom. The average Bonchev–Trinajstić information content (AvgIpc) is 2.66. The quantitative estimate of drug-likeness (QED) is 0.624. The van der Waals surface area contributed by atoms with Crippen LogP contribution in [0.5, 0.6) is 5.88 Å². The van der Waals surface area contributed by atoms with E-state index in [0.717, 1.165) is 16.8 Å². The van der Waals surface area contributed by atoms with Crippen LogP contribution in [-0.4, -0.2) is 28.1 Å². The number of aromatic nitrogens is 2. The molecule has 3 aromatic rings. The van der Waals surface area contributed by atoms with Crippen molar-refractivity contribution in [2.75, 3.05) is 6.61 Å². The minimum absolute atomic E-state index is 0.217. The Morgan fingerprint density at radius 1 is 0.889 bits per heavy atom. The molecule has 0 atom stereocenters. The van der Waals surface area contributed by atoms with Gasteiger partial charge in [0.25, 0.3) is 0 Å². The summed E-state index contributed by atoms with van der Waals surface area (Å²) in [5.41, 5.74) is 2.78. The molecule has 0 unspecified atom stereocenters. The summed E-state index contributed by atoms with van der Waals surface area (Å²) in [4.78, 5) is 21.0. The second-order valence-electron chi connectivity index (χ2n) is 7.01. The van der Waals surface area contributed by atoms with Gasteiger partial charge in [0.15, 0.2) is 6.61 Å². The predicted molar refractivity (Wildman–Crippen MR) is 104 cm³/mol. The molecule has 138 valence electrons. The molecule has 0 radical (unpaired) electrons. The summed E-state index contributed by atoms with van der Waals surface area (Å²) in [6, 6.07) is 19.6. The third kappa shape index (κ3) is 5.14. The second-order valence-corrected chi connectivity index (χ2v) is 7.01. The molecular weight excluding hydrogens is 340 g/mol. The smallest absolute Gasteiger partial charge is 0.344 e. The largest absolute Gasteiger partial charge is 0.465 e. The van der Waals surface area contributed by atoms with Gasteiger partial charge in [0, 0.05) is 11.1 Å². The van der Waals surface area contributed by atoms with Crippen molar-refractivity contribution in [2.45, 2.75) is 26.4 Å². The zero-order valence-electron chi connectivity index (χ0n) is 15.7. The number of hydrogen-bond acceptors (Lipinski definition) is 5. The standard InChI is InChI=1S/C22H22N2O3/c1-22(2,3)27-19(25)15-26-18-14-23-20(16-10-6-4-7-11-16)21(24-18)17-12-8-5-9-13-17/h4-14H,15H2,1-3H3. The van der Waals surface area contributed by atoms with Gasteiger partial charge in [0.1, 0.15) is 11.3 Å². The van der Waals surface area contributed by atoms with Gasteiger partial charge in [-0.15, -0.1) is 0 Å². The summed E-state index contributed by atoms with van der Waals surface area (Å²) >= 11 is 0. The van der Waals surface area contributed by atoms with E-state index in [0.29, 0.717) is 5.69 Å². The maximum atomic E-state index is 11.9. The molecule has 0 N–H and O–H groups in total. The highest BCUT2D eigenvalue weighted by Crippen LogP contribution is 2.30. The number of carbonyl (C=O) groups excluding carboxylic acids is 1. The molecule has 0 amide bonds. The van der Waals surface area contributed by atoms with Crippen LogP contribution in [0.3, 0.4) is 0 Å². The summed E-state index contributed by atoms with van der Waals surface area (Å²) in [5, 5.41) is 0. The van der Waals surface area contributed by atoms with Crippen LogP contribution >= 0.6 is 0 Å². The molecule has 0 saturated heterocycles. The van der Waals surface area contributed by atoms with Crippen molar-refractivity contribution >= 4 is 5.97 Å². The van der Waals surface area contributed by atoms with Gasteiger partial charge in [0.2, 0.25) is 5.88 Å². The van der Waals surface area contributed by atoms with E-state index in [1.165, 1.54) is 6.20 Å². The summed E-state index contributed by atoms with van der Waals surface area (Å²) in [5.74, 6) is -0.169. The number of ether oxygens (including phenoxy) is 2. The molecular formula is C22H22N2O3. The van der Waals surface area contributed by atoms with E-state index in [1.54, 1.807) is 0 Å². The zero-order chi connectivity index (χ0) is 19.3. The lowest BCUT2D eigenvalue weighted by Gasteiger charge is -2.19. The highest BCUT2D eigenvalue weighted by molar-refractivity contribution is 5.78. The first-order chi connectivity index (χ1) is 12.9. The normalized spacial score (nSPS) is 11.1. The van der Waals surface area contributed by atoms with Crippen molar-refractivity contribution in [3.8, 4) is 28.4 Å². The van der Waals surface area contributed by atoms with Crippen LogP contribution in [0.1, 0.15) is 20.8 Å². The first-order valence-corrected chi connectivity index (χ1v) is 8.75. The summed E-state index contributed by atoms with van der Waals surface area (Å²) in [7, 11) is 0. The number of nitrogens with zero attached hydrogens (tertiary/aromatic N) is 2. The average molecular weight is 362 g/mol. The molecule has 0 aliphatic heterocycles. The maximum absolute atomic E-state index is 11.9. The first kappa shape index (κ1) is 18.6. The molecule has 1 aromatic heterocycles. The van der Waals surface area contributed by atoms with E-state index in [9.17, 15) is 4.79 Å². The molecule has 5 nitrogen and oxygen atoms in total. The Hall–Kier alpha value is -3.21. The van der Waals surface area contributed by atoms with Crippen molar-refractivity contribution in [1.82, 2.24) is 9.97 Å². The van der Waals surface area contributed by atoms with Gasteiger partial charge in [-0.3, -0.25) is 0 Å². The molecule has 0 fully saturated rings. The molecule has 0 aliphatic carbocycles. The van der Waals surface area contributed by atoms with Crippen LogP contribution in [0.25, 0.3) is 22.5 Å². The fourth-order valence-electron chi connectivity index (χ4n) is 2.55. The Bertz CT molecular complexity index is 904. The number of hydrogen-bond donors (Lipinski definition) is 0. The minimum Gasteiger partial charge on any atom is -0.465 e. The molecule has 2 aromatic carbocycles. The van der Waals surface area contributed by atoms with Crippen molar-refractivity contribution in [2.24, 2.45) is 0 Å². The van der Waals surface area contributed by atoms with Gasteiger partial charge >= 0.3 is 5.97 Å². The summed E-state index contributed by atoms with van der Waals surface area (Å²) in [6.45, 7) is 5.22. The molecule has 0 aliphatic rings. The van der Waals surface area contributed by atoms with Gasteiger partial charge in [-0.1, -0.05) is 60.7 Å². The molecule has 3 rings (SSSR count). The van der Waals surface area contributed by atoms with E-state index in [1.807, 2.05) is 81.4 Å².